The van der Waals surface area contributed by atoms with Crippen LogP contribution >= 0.6 is 57.5 Å². The maximum Gasteiger partial charge on any atom is 0.257 e. The molecular formula is C19H16N4OS5. The van der Waals surface area contributed by atoms with E-state index in [2.05, 4.69) is 37.3 Å². The van der Waals surface area contributed by atoms with Gasteiger partial charge in [-0.25, -0.2) is 4.98 Å². The van der Waals surface area contributed by atoms with E-state index in [4.69, 9.17) is 0 Å². The third-order valence-electron chi connectivity index (χ3n) is 3.72. The number of thioether (sulfide) groups is 2. The zero-order valence-electron chi connectivity index (χ0n) is 15.3. The lowest BCUT2D eigenvalue weighted by atomic mass is 10.1. The van der Waals surface area contributed by atoms with Crippen LogP contribution in [-0.4, -0.2) is 21.1 Å². The predicted molar refractivity (Wildman–Crippen MR) is 125 cm³/mol. The number of rotatable bonds is 8. The average molecular weight is 477 g/mol. The highest BCUT2D eigenvalue weighted by molar-refractivity contribution is 8.00. The molecule has 1 amide bonds. The van der Waals surface area contributed by atoms with Crippen LogP contribution < -0.4 is 5.32 Å². The smallest absolute Gasteiger partial charge is 0.257 e. The van der Waals surface area contributed by atoms with Gasteiger partial charge in [-0.3, -0.25) is 10.1 Å². The maximum absolute atomic E-state index is 12.5. The number of hydrogen-bond donors (Lipinski definition) is 1. The Labute approximate surface area is 189 Å². The summed E-state index contributed by atoms with van der Waals surface area (Å²) < 4.78 is 1.91. The van der Waals surface area contributed by atoms with Crippen molar-refractivity contribution in [1.82, 2.24) is 15.2 Å². The Bertz CT molecular complexity index is 1070. The molecule has 10 heteroatoms. The van der Waals surface area contributed by atoms with Crippen LogP contribution in [0.1, 0.15) is 26.5 Å². The van der Waals surface area contributed by atoms with E-state index in [1.807, 2.05) is 37.3 Å². The fraction of sp³-hybridized carbons (Fsp3) is 0.158. The molecule has 0 fully saturated rings. The first-order valence-electron chi connectivity index (χ1n) is 8.59. The molecule has 1 N–H and O–H groups in total. The third-order valence-corrected chi connectivity index (χ3v) is 9.01. The van der Waals surface area contributed by atoms with E-state index in [1.165, 1.54) is 16.2 Å². The third kappa shape index (κ3) is 5.89. The number of amides is 1. The number of aromatic nitrogens is 3. The van der Waals surface area contributed by atoms with Crippen LogP contribution in [0.25, 0.3) is 0 Å². The Morgan fingerprint density at radius 1 is 1.03 bits per heavy atom. The maximum atomic E-state index is 12.5. The minimum Gasteiger partial charge on any atom is -0.296 e. The highest BCUT2D eigenvalue weighted by atomic mass is 32.2. The molecular weight excluding hydrogens is 461 g/mol. The number of nitrogens with zero attached hydrogens (tertiary/aromatic N) is 3. The van der Waals surface area contributed by atoms with Crippen molar-refractivity contribution in [2.24, 2.45) is 0 Å². The summed E-state index contributed by atoms with van der Waals surface area (Å²) in [7, 11) is 0. The van der Waals surface area contributed by atoms with Gasteiger partial charge in [0.1, 0.15) is 4.34 Å². The molecule has 0 atom stereocenters. The first-order valence-corrected chi connectivity index (χ1v) is 13.1. The van der Waals surface area contributed by atoms with Crippen LogP contribution in [0.5, 0.6) is 0 Å². The van der Waals surface area contributed by atoms with Crippen LogP contribution in [0.4, 0.5) is 5.13 Å². The van der Waals surface area contributed by atoms with E-state index in [1.54, 1.807) is 46.2 Å². The normalized spacial score (nSPS) is 10.9. The topological polar surface area (TPSA) is 67.8 Å². The summed E-state index contributed by atoms with van der Waals surface area (Å²) in [6, 6.07) is 11.8. The second kappa shape index (κ2) is 9.86. The number of anilines is 1. The predicted octanol–water partition coefficient (Wildman–Crippen LogP) is 6.20. The monoisotopic (exact) mass is 476 g/mol. The second-order valence-electron chi connectivity index (χ2n) is 5.94. The van der Waals surface area contributed by atoms with Crippen LogP contribution in [0.3, 0.4) is 0 Å². The summed E-state index contributed by atoms with van der Waals surface area (Å²) in [5.41, 5.74) is 2.81. The number of nitrogens with one attached hydrogen (secondary N) is 1. The lowest BCUT2D eigenvalue weighted by molar-refractivity contribution is 0.102. The molecule has 3 aromatic heterocycles. The molecule has 0 aliphatic heterocycles. The van der Waals surface area contributed by atoms with E-state index >= 15 is 0 Å². The largest absolute Gasteiger partial charge is 0.296 e. The van der Waals surface area contributed by atoms with Crippen molar-refractivity contribution in [3.05, 3.63) is 68.9 Å². The molecule has 4 aromatic rings. The molecule has 5 nitrogen and oxygen atoms in total. The van der Waals surface area contributed by atoms with Gasteiger partial charge in [0.05, 0.1) is 0 Å². The van der Waals surface area contributed by atoms with E-state index in [-0.39, 0.29) is 5.91 Å². The van der Waals surface area contributed by atoms with Crippen molar-refractivity contribution in [1.29, 1.82) is 0 Å². The van der Waals surface area contributed by atoms with Crippen LogP contribution in [0.15, 0.2) is 55.8 Å². The highest BCUT2D eigenvalue weighted by Gasteiger charge is 2.11. The average Bonchev–Trinajstić information content (AvgIpc) is 3.48. The van der Waals surface area contributed by atoms with Gasteiger partial charge in [0, 0.05) is 33.0 Å². The minimum absolute atomic E-state index is 0.175. The molecule has 0 saturated heterocycles. The number of aryl methyl sites for hydroxylation is 1. The number of thiophene rings is 1. The van der Waals surface area contributed by atoms with E-state index in [0.29, 0.717) is 10.7 Å². The number of hydrogen-bond acceptors (Lipinski definition) is 9. The Kier molecular flexibility index (Phi) is 6.98. The Hall–Kier alpha value is -1.72. The molecule has 0 spiro atoms. The van der Waals surface area contributed by atoms with Gasteiger partial charge in [-0.05, 0) is 36.1 Å². The van der Waals surface area contributed by atoms with Crippen molar-refractivity contribution >= 4 is 68.6 Å². The molecule has 0 aliphatic carbocycles. The first kappa shape index (κ1) is 20.5. The molecule has 0 bridgehead atoms. The summed E-state index contributed by atoms with van der Waals surface area (Å²) in [6.07, 6.45) is 0. The van der Waals surface area contributed by atoms with Gasteiger partial charge in [-0.15, -0.1) is 32.9 Å². The zero-order valence-corrected chi connectivity index (χ0v) is 19.4. The van der Waals surface area contributed by atoms with Crippen LogP contribution in [0, 0.1) is 6.92 Å². The lowest BCUT2D eigenvalue weighted by Gasteiger charge is -2.03. The van der Waals surface area contributed by atoms with E-state index < -0.39 is 0 Å². The molecule has 0 unspecified atom stereocenters. The highest BCUT2D eigenvalue weighted by Crippen LogP contribution is 2.30. The summed E-state index contributed by atoms with van der Waals surface area (Å²) in [6.45, 7) is 2.00. The van der Waals surface area contributed by atoms with Gasteiger partial charge < -0.3 is 0 Å². The molecule has 4 rings (SSSR count). The SMILES string of the molecule is Cc1csc(SCc2ccc(C(=O)Nc3nnc(SCc4cccs4)s3)cc2)n1. The molecule has 3 heterocycles. The van der Waals surface area contributed by atoms with Crippen molar-refractivity contribution in [3.8, 4) is 0 Å². The van der Waals surface area contributed by atoms with Gasteiger partial charge in [-0.1, -0.05) is 53.1 Å². The molecule has 0 saturated carbocycles. The molecule has 148 valence electrons. The number of carbonyl (C=O) groups excluding carboxylic acids is 1. The summed E-state index contributed by atoms with van der Waals surface area (Å²) in [5.74, 6) is 1.52. The Morgan fingerprint density at radius 3 is 2.59 bits per heavy atom. The van der Waals surface area contributed by atoms with Crippen LogP contribution in [-0.2, 0) is 11.5 Å². The molecule has 1 aromatic carbocycles. The number of benzene rings is 1. The zero-order chi connectivity index (χ0) is 20.1. The summed E-state index contributed by atoms with van der Waals surface area (Å²) in [5, 5.41) is 15.7. The van der Waals surface area contributed by atoms with Gasteiger partial charge in [0.15, 0.2) is 4.34 Å². The quantitative estimate of drug-likeness (QED) is 0.241. The van der Waals surface area contributed by atoms with Gasteiger partial charge in [0.25, 0.3) is 5.91 Å². The van der Waals surface area contributed by atoms with Crippen molar-refractivity contribution in [2.75, 3.05) is 5.32 Å². The number of thiazole rings is 1. The Balaban J connectivity index is 1.29. The Morgan fingerprint density at radius 2 is 1.86 bits per heavy atom. The number of carbonyl (C=O) groups is 1. The van der Waals surface area contributed by atoms with Gasteiger partial charge in [0.2, 0.25) is 5.13 Å². The van der Waals surface area contributed by atoms with E-state index in [0.717, 1.165) is 31.4 Å². The van der Waals surface area contributed by atoms with Crippen LogP contribution in [0.2, 0.25) is 0 Å². The first-order chi connectivity index (χ1) is 14.2. The van der Waals surface area contributed by atoms with Gasteiger partial charge in [-0.2, -0.15) is 0 Å². The van der Waals surface area contributed by atoms with Crippen molar-refractivity contribution in [3.63, 3.8) is 0 Å². The van der Waals surface area contributed by atoms with Gasteiger partial charge >= 0.3 is 0 Å². The molecule has 0 aliphatic rings. The van der Waals surface area contributed by atoms with Crippen molar-refractivity contribution < 1.29 is 4.79 Å². The summed E-state index contributed by atoms with van der Waals surface area (Å²) in [4.78, 5) is 18.2. The fourth-order valence-corrected chi connectivity index (χ4v) is 6.64. The van der Waals surface area contributed by atoms with Crippen molar-refractivity contribution in [2.45, 2.75) is 27.1 Å². The minimum atomic E-state index is -0.175. The lowest BCUT2D eigenvalue weighted by Crippen LogP contribution is -2.11. The standard InChI is InChI=1S/C19H16N4OS5/c1-12-9-26-18(20-12)27-10-13-4-6-14(7-5-13)16(24)21-17-22-23-19(29-17)28-11-15-3-2-8-25-15/h2-9H,10-11H2,1H3,(H,21,22,24). The molecule has 0 radical (unpaired) electrons. The fourth-order valence-electron chi connectivity index (χ4n) is 2.31. The van der Waals surface area contributed by atoms with E-state index in [9.17, 15) is 4.79 Å². The summed E-state index contributed by atoms with van der Waals surface area (Å²) >= 11 is 8.11. The second-order valence-corrected chi connectivity index (χ2v) is 11.2. The molecule has 29 heavy (non-hydrogen) atoms.